The molecule has 0 aliphatic heterocycles. The van der Waals surface area contributed by atoms with Crippen molar-refractivity contribution in [2.45, 2.75) is 25.7 Å². The van der Waals surface area contributed by atoms with E-state index in [1.807, 2.05) is 12.1 Å². The largest absolute Gasteiger partial charge is 0.332 e. The van der Waals surface area contributed by atoms with Crippen molar-refractivity contribution in [1.29, 1.82) is 0 Å². The Balaban J connectivity index is 1.52. The predicted molar refractivity (Wildman–Crippen MR) is 109 cm³/mol. The zero-order valence-corrected chi connectivity index (χ0v) is 16.5. The summed E-state index contributed by atoms with van der Waals surface area (Å²) in [7, 11) is 0. The number of thiophene rings is 1. The number of aromatic amines is 1. The van der Waals surface area contributed by atoms with E-state index < -0.39 is 0 Å². The van der Waals surface area contributed by atoms with Crippen molar-refractivity contribution in [3.05, 3.63) is 50.1 Å². The highest BCUT2D eigenvalue weighted by Gasteiger charge is 2.24. The molecule has 0 fully saturated rings. The van der Waals surface area contributed by atoms with Crippen molar-refractivity contribution in [3.8, 4) is 23.0 Å². The summed E-state index contributed by atoms with van der Waals surface area (Å²) in [6.45, 7) is 0. The van der Waals surface area contributed by atoms with Gasteiger partial charge < -0.3 is 4.52 Å². The van der Waals surface area contributed by atoms with E-state index in [0.717, 1.165) is 41.6 Å². The molecule has 0 bridgehead atoms. The fourth-order valence-electron chi connectivity index (χ4n) is 3.81. The number of hydrogen-bond donors (Lipinski definition) is 1. The second kappa shape index (κ2) is 6.23. The van der Waals surface area contributed by atoms with Gasteiger partial charge in [-0.15, -0.1) is 16.4 Å². The molecule has 144 valence electrons. The smallest absolute Gasteiger partial charge is 0.282 e. The van der Waals surface area contributed by atoms with Gasteiger partial charge in [0, 0.05) is 15.5 Å². The first kappa shape index (κ1) is 16.9. The van der Waals surface area contributed by atoms with Crippen molar-refractivity contribution in [2.75, 3.05) is 0 Å². The SMILES string of the molecule is O=c1nc2c(-c3nc(-c4ccc(Cl)cc4)no3)n[nH]n2c2sc3c(c12)CCCC3. The first-order valence-corrected chi connectivity index (χ1v) is 10.4. The molecule has 10 heteroatoms. The average Bonchev–Trinajstić information content (AvgIpc) is 3.44. The molecule has 0 amide bonds. The molecular weight excluding hydrogens is 412 g/mol. The molecular formula is C19H13ClN6O2S. The van der Waals surface area contributed by atoms with Gasteiger partial charge in [-0.05, 0) is 55.5 Å². The summed E-state index contributed by atoms with van der Waals surface area (Å²) in [6.07, 6.45) is 4.18. The van der Waals surface area contributed by atoms with Gasteiger partial charge in [0.15, 0.2) is 11.3 Å². The van der Waals surface area contributed by atoms with Crippen LogP contribution in [-0.2, 0) is 12.8 Å². The number of hydrogen-bond acceptors (Lipinski definition) is 7. The van der Waals surface area contributed by atoms with Gasteiger partial charge in [-0.3, -0.25) is 4.79 Å². The lowest BCUT2D eigenvalue weighted by molar-refractivity contribution is 0.431. The predicted octanol–water partition coefficient (Wildman–Crippen LogP) is 3.88. The minimum atomic E-state index is -0.237. The minimum Gasteiger partial charge on any atom is -0.332 e. The lowest BCUT2D eigenvalue weighted by Crippen LogP contribution is -2.11. The van der Waals surface area contributed by atoms with E-state index in [2.05, 4.69) is 25.4 Å². The standard InChI is InChI=1S/C19H13ClN6O2S/c20-10-7-5-9(6-8-10)15-21-18(28-24-15)14-16-22-17(27)13-11-3-1-2-4-12(11)29-19(13)26(16)25-23-14/h5-8,25H,1-4H2. The number of aryl methyl sites for hydroxylation is 2. The van der Waals surface area contributed by atoms with Gasteiger partial charge in [0.25, 0.3) is 11.4 Å². The molecule has 0 radical (unpaired) electrons. The highest BCUT2D eigenvalue weighted by atomic mass is 35.5. The topological polar surface area (TPSA) is 102 Å². The molecule has 1 aliphatic carbocycles. The van der Waals surface area contributed by atoms with E-state index in [0.29, 0.717) is 27.6 Å². The first-order valence-electron chi connectivity index (χ1n) is 9.20. The number of benzene rings is 1. The molecule has 4 heterocycles. The van der Waals surface area contributed by atoms with E-state index in [1.165, 1.54) is 4.88 Å². The molecule has 1 aromatic carbocycles. The van der Waals surface area contributed by atoms with E-state index in [4.69, 9.17) is 16.1 Å². The summed E-state index contributed by atoms with van der Waals surface area (Å²) in [4.78, 5) is 23.6. The molecule has 1 N–H and O–H groups in total. The molecule has 4 aromatic heterocycles. The maximum Gasteiger partial charge on any atom is 0.282 e. The lowest BCUT2D eigenvalue weighted by atomic mass is 9.97. The van der Waals surface area contributed by atoms with E-state index >= 15 is 0 Å². The quantitative estimate of drug-likeness (QED) is 0.461. The normalized spacial score (nSPS) is 14.0. The van der Waals surface area contributed by atoms with Crippen LogP contribution in [0.5, 0.6) is 0 Å². The summed E-state index contributed by atoms with van der Waals surface area (Å²) in [5.74, 6) is 0.606. The van der Waals surface area contributed by atoms with Gasteiger partial charge >= 0.3 is 0 Å². The minimum absolute atomic E-state index is 0.196. The number of H-pyrrole nitrogens is 1. The van der Waals surface area contributed by atoms with Crippen molar-refractivity contribution in [2.24, 2.45) is 0 Å². The first-order chi connectivity index (χ1) is 14.2. The number of nitrogens with zero attached hydrogens (tertiary/aromatic N) is 5. The van der Waals surface area contributed by atoms with Crippen LogP contribution in [0.2, 0.25) is 5.02 Å². The molecule has 0 saturated carbocycles. The molecule has 6 rings (SSSR count). The highest BCUT2D eigenvalue weighted by Crippen LogP contribution is 2.35. The van der Waals surface area contributed by atoms with Gasteiger partial charge in [0.05, 0.1) is 5.39 Å². The maximum absolute atomic E-state index is 12.8. The molecule has 1 aliphatic rings. The fraction of sp³-hybridized carbons (Fsp3) is 0.211. The Bertz CT molecular complexity index is 1450. The second-order valence-corrected chi connectivity index (χ2v) is 8.48. The molecule has 0 spiro atoms. The lowest BCUT2D eigenvalue weighted by Gasteiger charge is -2.09. The summed E-state index contributed by atoms with van der Waals surface area (Å²) in [5, 5.41) is 12.6. The van der Waals surface area contributed by atoms with Crippen LogP contribution in [0.25, 0.3) is 38.8 Å². The zero-order valence-electron chi connectivity index (χ0n) is 15.0. The molecule has 0 unspecified atom stereocenters. The summed E-state index contributed by atoms with van der Waals surface area (Å²) >= 11 is 7.56. The summed E-state index contributed by atoms with van der Waals surface area (Å²) < 4.78 is 7.14. The Hall–Kier alpha value is -3.04. The van der Waals surface area contributed by atoms with E-state index in [9.17, 15) is 4.79 Å². The summed E-state index contributed by atoms with van der Waals surface area (Å²) in [6, 6.07) is 7.13. The Kier molecular flexibility index (Phi) is 3.62. The molecule has 0 atom stereocenters. The Labute approximate surface area is 172 Å². The molecule has 0 saturated heterocycles. The maximum atomic E-state index is 12.8. The Morgan fingerprint density at radius 3 is 2.83 bits per heavy atom. The van der Waals surface area contributed by atoms with Crippen LogP contribution in [0.15, 0.2) is 33.6 Å². The average molecular weight is 425 g/mol. The van der Waals surface area contributed by atoms with Crippen LogP contribution >= 0.6 is 22.9 Å². The number of aromatic nitrogens is 6. The van der Waals surface area contributed by atoms with Crippen molar-refractivity contribution in [1.82, 2.24) is 30.0 Å². The van der Waals surface area contributed by atoms with Crippen LogP contribution in [0.4, 0.5) is 0 Å². The fourth-order valence-corrected chi connectivity index (χ4v) is 5.27. The molecule has 5 aromatic rings. The van der Waals surface area contributed by atoms with E-state index in [1.54, 1.807) is 28.0 Å². The summed E-state index contributed by atoms with van der Waals surface area (Å²) in [5.41, 5.74) is 2.40. The van der Waals surface area contributed by atoms with Crippen LogP contribution in [0.1, 0.15) is 23.3 Å². The van der Waals surface area contributed by atoms with Gasteiger partial charge in [0.1, 0.15) is 4.83 Å². The van der Waals surface area contributed by atoms with Crippen molar-refractivity contribution < 1.29 is 4.52 Å². The van der Waals surface area contributed by atoms with Crippen LogP contribution < -0.4 is 5.56 Å². The van der Waals surface area contributed by atoms with Gasteiger partial charge in [-0.1, -0.05) is 16.8 Å². The number of rotatable bonds is 2. The second-order valence-electron chi connectivity index (χ2n) is 6.96. The third-order valence-electron chi connectivity index (χ3n) is 5.19. The number of fused-ring (bicyclic) bond motifs is 5. The van der Waals surface area contributed by atoms with Crippen molar-refractivity contribution >= 4 is 38.8 Å². The zero-order chi connectivity index (χ0) is 19.5. The highest BCUT2D eigenvalue weighted by molar-refractivity contribution is 7.18. The van der Waals surface area contributed by atoms with Crippen LogP contribution in [0.3, 0.4) is 0 Å². The number of halogens is 1. The Morgan fingerprint density at radius 1 is 1.14 bits per heavy atom. The molecule has 8 nitrogen and oxygen atoms in total. The van der Waals surface area contributed by atoms with Crippen molar-refractivity contribution in [3.63, 3.8) is 0 Å². The third kappa shape index (κ3) is 2.54. The van der Waals surface area contributed by atoms with Gasteiger partial charge in [0.2, 0.25) is 5.82 Å². The monoisotopic (exact) mass is 424 g/mol. The molecule has 29 heavy (non-hydrogen) atoms. The van der Waals surface area contributed by atoms with Gasteiger partial charge in [-0.2, -0.15) is 9.97 Å². The Morgan fingerprint density at radius 2 is 1.97 bits per heavy atom. The number of nitrogens with one attached hydrogen (secondary N) is 1. The van der Waals surface area contributed by atoms with Crippen LogP contribution in [-0.4, -0.2) is 30.0 Å². The van der Waals surface area contributed by atoms with Crippen LogP contribution in [0, 0.1) is 0 Å². The van der Waals surface area contributed by atoms with Gasteiger partial charge in [-0.25, -0.2) is 9.73 Å². The third-order valence-corrected chi connectivity index (χ3v) is 6.72. The van der Waals surface area contributed by atoms with E-state index in [-0.39, 0.29) is 11.4 Å².